The molecule has 0 radical (unpaired) electrons. The summed E-state index contributed by atoms with van der Waals surface area (Å²) in [6.45, 7) is 4.22. The van der Waals surface area contributed by atoms with Crippen LogP contribution in [0.1, 0.15) is 28.4 Å². The van der Waals surface area contributed by atoms with Gasteiger partial charge in [0, 0.05) is 18.7 Å². The minimum absolute atomic E-state index is 0.139. The molecule has 2 rings (SSSR count). The number of rotatable bonds is 4. The number of aryl methyl sites for hydroxylation is 3. The predicted molar refractivity (Wildman–Crippen MR) is 72.7 cm³/mol. The molecule has 1 aromatic heterocycles. The molecule has 1 N–H and O–H groups in total. The van der Waals surface area contributed by atoms with Gasteiger partial charge in [0.05, 0.1) is 12.3 Å². The predicted octanol–water partition coefficient (Wildman–Crippen LogP) is 2.36. The summed E-state index contributed by atoms with van der Waals surface area (Å²) in [7, 11) is 1.95. The van der Waals surface area contributed by atoms with E-state index in [1.165, 1.54) is 11.1 Å². The molecule has 96 valence electrons. The molecule has 0 bridgehead atoms. The lowest BCUT2D eigenvalue weighted by Gasteiger charge is -2.15. The first kappa shape index (κ1) is 12.8. The van der Waals surface area contributed by atoms with Gasteiger partial charge in [0.2, 0.25) is 0 Å². The van der Waals surface area contributed by atoms with Crippen LogP contribution in [0.4, 0.5) is 0 Å². The van der Waals surface area contributed by atoms with E-state index >= 15 is 0 Å². The summed E-state index contributed by atoms with van der Waals surface area (Å²) in [6, 6.07) is 10.5. The Balaban J connectivity index is 2.19. The first-order valence-electron chi connectivity index (χ1n) is 6.27. The average molecular weight is 244 g/mol. The van der Waals surface area contributed by atoms with Gasteiger partial charge in [-0.2, -0.15) is 5.10 Å². The molecule has 2 aromatic rings. The van der Waals surface area contributed by atoms with Crippen molar-refractivity contribution in [2.75, 3.05) is 6.61 Å². The fraction of sp³-hybridized carbons (Fsp3) is 0.400. The standard InChI is InChI=1S/C15H20N2O/c1-11-4-6-13(7-5-11)14(10-18)9-15-8-12(2)16-17(15)3/h4-8,14,18H,9-10H2,1-3H3. The fourth-order valence-electron chi connectivity index (χ4n) is 2.23. The van der Waals surface area contributed by atoms with Crippen molar-refractivity contribution < 1.29 is 5.11 Å². The van der Waals surface area contributed by atoms with E-state index in [1.54, 1.807) is 0 Å². The molecule has 1 heterocycles. The molecule has 0 saturated carbocycles. The van der Waals surface area contributed by atoms with Gasteiger partial charge >= 0.3 is 0 Å². The van der Waals surface area contributed by atoms with Crippen molar-refractivity contribution in [1.29, 1.82) is 0 Å². The second-order valence-corrected chi connectivity index (χ2v) is 4.89. The molecule has 0 fully saturated rings. The van der Waals surface area contributed by atoms with Gasteiger partial charge in [-0.3, -0.25) is 4.68 Å². The molecule has 0 saturated heterocycles. The molecule has 3 nitrogen and oxygen atoms in total. The molecular formula is C15H20N2O. The zero-order valence-electron chi connectivity index (χ0n) is 11.2. The summed E-state index contributed by atoms with van der Waals surface area (Å²) >= 11 is 0. The van der Waals surface area contributed by atoms with Gasteiger partial charge in [0.15, 0.2) is 0 Å². The normalized spacial score (nSPS) is 12.7. The number of benzene rings is 1. The number of aromatic nitrogens is 2. The molecular weight excluding hydrogens is 224 g/mol. The molecule has 3 heteroatoms. The Hall–Kier alpha value is -1.61. The topological polar surface area (TPSA) is 38.1 Å². The Morgan fingerprint density at radius 1 is 1.22 bits per heavy atom. The lowest BCUT2D eigenvalue weighted by atomic mass is 9.94. The first-order valence-corrected chi connectivity index (χ1v) is 6.27. The number of nitrogens with zero attached hydrogens (tertiary/aromatic N) is 2. The molecule has 0 aliphatic heterocycles. The maximum Gasteiger partial charge on any atom is 0.0596 e. The Morgan fingerprint density at radius 2 is 1.89 bits per heavy atom. The van der Waals surface area contributed by atoms with E-state index in [0.717, 1.165) is 17.8 Å². The quantitative estimate of drug-likeness (QED) is 0.896. The minimum atomic E-state index is 0.139. The molecule has 1 unspecified atom stereocenters. The number of hydrogen-bond acceptors (Lipinski definition) is 2. The summed E-state index contributed by atoms with van der Waals surface area (Å²) in [6.07, 6.45) is 0.816. The Bertz CT molecular complexity index is 514. The average Bonchev–Trinajstić information content (AvgIpc) is 2.66. The Morgan fingerprint density at radius 3 is 2.39 bits per heavy atom. The molecule has 1 atom stereocenters. The zero-order chi connectivity index (χ0) is 13.1. The van der Waals surface area contributed by atoms with Crippen molar-refractivity contribution in [2.45, 2.75) is 26.2 Å². The van der Waals surface area contributed by atoms with Crippen LogP contribution in [0.3, 0.4) is 0 Å². The van der Waals surface area contributed by atoms with Gasteiger partial charge in [-0.15, -0.1) is 0 Å². The van der Waals surface area contributed by atoms with Gasteiger partial charge in [0.25, 0.3) is 0 Å². The third kappa shape index (κ3) is 2.79. The van der Waals surface area contributed by atoms with Crippen molar-refractivity contribution in [2.24, 2.45) is 7.05 Å². The van der Waals surface area contributed by atoms with Crippen molar-refractivity contribution in [3.8, 4) is 0 Å². The van der Waals surface area contributed by atoms with Crippen LogP contribution in [0.25, 0.3) is 0 Å². The van der Waals surface area contributed by atoms with Crippen molar-refractivity contribution in [1.82, 2.24) is 9.78 Å². The van der Waals surface area contributed by atoms with E-state index in [1.807, 2.05) is 18.7 Å². The van der Waals surface area contributed by atoms with Crippen molar-refractivity contribution in [3.63, 3.8) is 0 Å². The monoisotopic (exact) mass is 244 g/mol. The van der Waals surface area contributed by atoms with Crippen LogP contribution in [-0.2, 0) is 13.5 Å². The van der Waals surface area contributed by atoms with Crippen LogP contribution in [0, 0.1) is 13.8 Å². The first-order chi connectivity index (χ1) is 8.60. The Kier molecular flexibility index (Phi) is 3.82. The van der Waals surface area contributed by atoms with Crippen LogP contribution in [0.5, 0.6) is 0 Å². The summed E-state index contributed by atoms with van der Waals surface area (Å²) < 4.78 is 1.90. The zero-order valence-corrected chi connectivity index (χ0v) is 11.2. The number of aliphatic hydroxyl groups is 1. The van der Waals surface area contributed by atoms with E-state index in [2.05, 4.69) is 42.4 Å². The van der Waals surface area contributed by atoms with Crippen LogP contribution in [-0.4, -0.2) is 21.5 Å². The van der Waals surface area contributed by atoms with Gasteiger partial charge in [-0.25, -0.2) is 0 Å². The maximum atomic E-state index is 9.58. The van der Waals surface area contributed by atoms with Gasteiger partial charge in [-0.1, -0.05) is 29.8 Å². The number of hydrogen-bond donors (Lipinski definition) is 1. The van der Waals surface area contributed by atoms with Crippen LogP contribution in [0.2, 0.25) is 0 Å². The van der Waals surface area contributed by atoms with Gasteiger partial charge in [-0.05, 0) is 31.9 Å². The number of aliphatic hydroxyl groups excluding tert-OH is 1. The molecule has 0 amide bonds. The van der Waals surface area contributed by atoms with Crippen LogP contribution < -0.4 is 0 Å². The van der Waals surface area contributed by atoms with Crippen LogP contribution >= 0.6 is 0 Å². The molecule has 1 aromatic carbocycles. The molecule has 0 aliphatic rings. The van der Waals surface area contributed by atoms with E-state index in [9.17, 15) is 5.11 Å². The van der Waals surface area contributed by atoms with Gasteiger partial charge < -0.3 is 5.11 Å². The molecule has 0 aliphatic carbocycles. The van der Waals surface area contributed by atoms with Crippen molar-refractivity contribution in [3.05, 3.63) is 52.8 Å². The second-order valence-electron chi connectivity index (χ2n) is 4.89. The SMILES string of the molecule is Cc1ccc(C(CO)Cc2cc(C)nn2C)cc1. The molecule has 0 spiro atoms. The lowest BCUT2D eigenvalue weighted by Crippen LogP contribution is -2.10. The third-order valence-corrected chi connectivity index (χ3v) is 3.32. The van der Waals surface area contributed by atoms with E-state index in [4.69, 9.17) is 0 Å². The van der Waals surface area contributed by atoms with Gasteiger partial charge in [0.1, 0.15) is 0 Å². The smallest absolute Gasteiger partial charge is 0.0596 e. The highest BCUT2D eigenvalue weighted by Gasteiger charge is 2.14. The third-order valence-electron chi connectivity index (χ3n) is 3.32. The molecule has 18 heavy (non-hydrogen) atoms. The highest BCUT2D eigenvalue weighted by atomic mass is 16.3. The fourth-order valence-corrected chi connectivity index (χ4v) is 2.23. The lowest BCUT2D eigenvalue weighted by molar-refractivity contribution is 0.263. The highest BCUT2D eigenvalue weighted by molar-refractivity contribution is 5.26. The van der Waals surface area contributed by atoms with Crippen LogP contribution in [0.15, 0.2) is 30.3 Å². The maximum absolute atomic E-state index is 9.58. The second kappa shape index (κ2) is 5.36. The Labute approximate surface area is 108 Å². The van der Waals surface area contributed by atoms with E-state index < -0.39 is 0 Å². The van der Waals surface area contributed by atoms with Crippen molar-refractivity contribution >= 4 is 0 Å². The van der Waals surface area contributed by atoms with E-state index in [0.29, 0.717) is 0 Å². The highest BCUT2D eigenvalue weighted by Crippen LogP contribution is 2.21. The summed E-state index contributed by atoms with van der Waals surface area (Å²) in [4.78, 5) is 0. The minimum Gasteiger partial charge on any atom is -0.396 e. The van der Waals surface area contributed by atoms with E-state index in [-0.39, 0.29) is 12.5 Å². The summed E-state index contributed by atoms with van der Waals surface area (Å²) in [5, 5.41) is 13.9. The summed E-state index contributed by atoms with van der Waals surface area (Å²) in [5.41, 5.74) is 4.61. The largest absolute Gasteiger partial charge is 0.396 e. The summed E-state index contributed by atoms with van der Waals surface area (Å²) in [5.74, 6) is 0.139.